The number of hydrogen-bond donors (Lipinski definition) is 0. The maximum absolute atomic E-state index is 13.5. The number of thioether (sulfide) groups is 1. The molecular formula is C23H21N2O2S+. The minimum Gasteiger partial charge on any atom is -0.245 e. The molecule has 2 aromatic carbocycles. The molecule has 1 atom stereocenters. The maximum atomic E-state index is 13.5. The van der Waals surface area contributed by atoms with Crippen LogP contribution in [0, 0.1) is 12.8 Å². The Morgan fingerprint density at radius 3 is 2.57 bits per heavy atom. The number of benzene rings is 2. The molecule has 0 saturated carbocycles. The largest absolute Gasteiger partial charge is 0.506 e. The van der Waals surface area contributed by atoms with E-state index in [4.69, 9.17) is 0 Å². The predicted octanol–water partition coefficient (Wildman–Crippen LogP) is 4.87. The third kappa shape index (κ3) is 2.65. The first-order valence-electron chi connectivity index (χ1n) is 9.67. The zero-order valence-corrected chi connectivity index (χ0v) is 16.5. The molecule has 0 spiro atoms. The molecule has 1 aliphatic carbocycles. The molecule has 5 heteroatoms. The SMILES string of the molecule is Cc1ccccc1C[N+]1=C2SC3=C(CCC3)C2C(=O)N(c2ccccc2)C1=O. The van der Waals surface area contributed by atoms with Crippen LogP contribution in [0.15, 0.2) is 65.1 Å². The number of allylic oxidation sites excluding steroid dienone is 1. The van der Waals surface area contributed by atoms with Crippen LogP contribution in [0.2, 0.25) is 0 Å². The first-order chi connectivity index (χ1) is 13.6. The summed E-state index contributed by atoms with van der Waals surface area (Å²) in [6, 6.07) is 17.2. The van der Waals surface area contributed by atoms with Gasteiger partial charge in [0.15, 0.2) is 11.0 Å². The van der Waals surface area contributed by atoms with E-state index in [0.717, 1.165) is 35.4 Å². The smallest absolute Gasteiger partial charge is 0.245 e. The Balaban J connectivity index is 1.64. The molecule has 0 radical (unpaired) electrons. The number of nitrogens with zero attached hydrogens (tertiary/aromatic N) is 2. The van der Waals surface area contributed by atoms with Gasteiger partial charge in [0, 0.05) is 0 Å². The molecule has 28 heavy (non-hydrogen) atoms. The first-order valence-corrected chi connectivity index (χ1v) is 10.5. The lowest BCUT2D eigenvalue weighted by Crippen LogP contribution is -2.53. The average molecular weight is 390 g/mol. The van der Waals surface area contributed by atoms with Gasteiger partial charge in [-0.05, 0) is 59.9 Å². The summed E-state index contributed by atoms with van der Waals surface area (Å²) in [6.45, 7) is 2.55. The first kappa shape index (κ1) is 17.4. The van der Waals surface area contributed by atoms with Crippen molar-refractivity contribution in [1.29, 1.82) is 0 Å². The summed E-state index contributed by atoms with van der Waals surface area (Å²) in [5.41, 5.74) is 4.13. The van der Waals surface area contributed by atoms with Gasteiger partial charge in [0.25, 0.3) is 0 Å². The Kier molecular flexibility index (Phi) is 4.20. The number of fused-ring (bicyclic) bond motifs is 2. The Hall–Kier alpha value is -2.66. The van der Waals surface area contributed by atoms with Gasteiger partial charge < -0.3 is 0 Å². The van der Waals surface area contributed by atoms with Crippen LogP contribution in [0.25, 0.3) is 0 Å². The summed E-state index contributed by atoms with van der Waals surface area (Å²) in [6.07, 6.45) is 3.08. The van der Waals surface area contributed by atoms with E-state index in [1.54, 1.807) is 11.8 Å². The number of aryl methyl sites for hydroxylation is 1. The lowest BCUT2D eigenvalue weighted by atomic mass is 9.96. The van der Waals surface area contributed by atoms with Crippen LogP contribution in [-0.4, -0.2) is 21.6 Å². The van der Waals surface area contributed by atoms with Crippen LogP contribution in [0.1, 0.15) is 30.4 Å². The Bertz CT molecular complexity index is 1060. The van der Waals surface area contributed by atoms with Crippen molar-refractivity contribution in [3.63, 3.8) is 0 Å². The number of carbonyl (C=O) groups excluding carboxylic acids is 2. The second-order valence-electron chi connectivity index (χ2n) is 7.48. The van der Waals surface area contributed by atoms with E-state index in [2.05, 4.69) is 19.1 Å². The topological polar surface area (TPSA) is 40.4 Å². The van der Waals surface area contributed by atoms with Crippen molar-refractivity contribution in [1.82, 2.24) is 0 Å². The quantitative estimate of drug-likeness (QED) is 0.703. The Labute approximate surface area is 168 Å². The fraction of sp³-hybridized carbons (Fsp3) is 0.261. The zero-order chi connectivity index (χ0) is 19.3. The van der Waals surface area contributed by atoms with E-state index in [9.17, 15) is 9.59 Å². The normalized spacial score (nSPS) is 21.5. The molecule has 3 aliphatic rings. The Morgan fingerprint density at radius 2 is 1.79 bits per heavy atom. The van der Waals surface area contributed by atoms with E-state index in [-0.39, 0.29) is 17.9 Å². The highest BCUT2D eigenvalue weighted by Gasteiger charge is 2.54. The number of anilines is 1. The molecule has 0 N–H and O–H groups in total. The molecule has 140 valence electrons. The van der Waals surface area contributed by atoms with Gasteiger partial charge in [0.2, 0.25) is 0 Å². The third-order valence-corrected chi connectivity index (χ3v) is 7.17. The van der Waals surface area contributed by atoms with Crippen molar-refractivity contribution in [2.24, 2.45) is 5.92 Å². The van der Waals surface area contributed by atoms with Gasteiger partial charge in [0.05, 0.1) is 0 Å². The highest BCUT2D eigenvalue weighted by Crippen LogP contribution is 2.49. The van der Waals surface area contributed by atoms with Crippen LogP contribution in [0.4, 0.5) is 10.5 Å². The predicted molar refractivity (Wildman–Crippen MR) is 111 cm³/mol. The summed E-state index contributed by atoms with van der Waals surface area (Å²) < 4.78 is 1.82. The molecule has 0 fully saturated rings. The molecule has 1 unspecified atom stereocenters. The molecule has 0 aromatic heterocycles. The zero-order valence-electron chi connectivity index (χ0n) is 15.7. The monoisotopic (exact) mass is 389 g/mol. The van der Waals surface area contributed by atoms with Gasteiger partial charge in [-0.3, -0.25) is 0 Å². The fourth-order valence-corrected chi connectivity index (χ4v) is 5.78. The maximum Gasteiger partial charge on any atom is 0.506 e. The van der Waals surface area contributed by atoms with Crippen molar-refractivity contribution in [2.45, 2.75) is 32.7 Å². The highest BCUT2D eigenvalue weighted by molar-refractivity contribution is 8.17. The number of amides is 3. The van der Waals surface area contributed by atoms with E-state index in [1.807, 2.05) is 47.0 Å². The summed E-state index contributed by atoms with van der Waals surface area (Å²) in [5.74, 6) is -0.406. The standard InChI is InChI=1S/C23H21N2O2S/c1-15-8-5-6-9-16(15)14-24-22-20(18-12-7-13-19(18)28-22)21(26)25(23(24)27)17-10-3-2-4-11-17/h2-6,8-11,20H,7,12-14H2,1H3/q+1. The van der Waals surface area contributed by atoms with Gasteiger partial charge in [0.1, 0.15) is 12.2 Å². The van der Waals surface area contributed by atoms with Gasteiger partial charge in [-0.25, -0.2) is 4.79 Å². The van der Waals surface area contributed by atoms with Crippen LogP contribution in [0.5, 0.6) is 0 Å². The molecule has 3 amide bonds. The molecule has 5 rings (SSSR count). The van der Waals surface area contributed by atoms with E-state index in [1.165, 1.54) is 15.4 Å². The number of rotatable bonds is 3. The summed E-state index contributed by atoms with van der Waals surface area (Å²) in [7, 11) is 0. The second kappa shape index (κ2) is 6.74. The van der Waals surface area contributed by atoms with E-state index >= 15 is 0 Å². The molecular weight excluding hydrogens is 368 g/mol. The molecule has 2 heterocycles. The lowest BCUT2D eigenvalue weighted by molar-refractivity contribution is -0.443. The number of carbonyl (C=O) groups is 2. The van der Waals surface area contributed by atoms with Crippen LogP contribution < -0.4 is 4.90 Å². The van der Waals surface area contributed by atoms with Crippen molar-refractivity contribution in [3.05, 3.63) is 76.2 Å². The molecule has 2 aliphatic heterocycles. The van der Waals surface area contributed by atoms with Crippen LogP contribution in [0.3, 0.4) is 0 Å². The minimum atomic E-state index is -0.301. The van der Waals surface area contributed by atoms with Crippen molar-refractivity contribution in [2.75, 3.05) is 4.90 Å². The molecule has 0 saturated heterocycles. The highest BCUT2D eigenvalue weighted by atomic mass is 32.2. The summed E-state index contributed by atoms with van der Waals surface area (Å²) in [5, 5.41) is 0.898. The number of urea groups is 1. The number of imide groups is 1. The van der Waals surface area contributed by atoms with Gasteiger partial charge in [-0.2, -0.15) is 9.37 Å². The average Bonchev–Trinajstić information content (AvgIpc) is 3.28. The van der Waals surface area contributed by atoms with Crippen molar-refractivity contribution >= 4 is 34.4 Å². The number of para-hydroxylation sites is 1. The number of hydrogen-bond acceptors (Lipinski definition) is 3. The minimum absolute atomic E-state index is 0.105. The summed E-state index contributed by atoms with van der Waals surface area (Å²) in [4.78, 5) is 29.6. The van der Waals surface area contributed by atoms with E-state index in [0.29, 0.717) is 12.2 Å². The Morgan fingerprint density at radius 1 is 1.04 bits per heavy atom. The van der Waals surface area contributed by atoms with Crippen LogP contribution >= 0.6 is 11.8 Å². The van der Waals surface area contributed by atoms with Crippen LogP contribution in [-0.2, 0) is 11.3 Å². The van der Waals surface area contributed by atoms with Crippen molar-refractivity contribution in [3.8, 4) is 0 Å². The van der Waals surface area contributed by atoms with Crippen molar-refractivity contribution < 1.29 is 14.2 Å². The fourth-order valence-electron chi connectivity index (χ4n) is 4.32. The van der Waals surface area contributed by atoms with Gasteiger partial charge in [-0.1, -0.05) is 54.2 Å². The third-order valence-electron chi connectivity index (χ3n) is 5.79. The second-order valence-corrected chi connectivity index (χ2v) is 8.59. The molecule has 0 bridgehead atoms. The molecule has 2 aromatic rings. The van der Waals surface area contributed by atoms with Gasteiger partial charge in [-0.15, -0.1) is 4.90 Å². The van der Waals surface area contributed by atoms with Gasteiger partial charge >= 0.3 is 11.9 Å². The summed E-state index contributed by atoms with van der Waals surface area (Å²) >= 11 is 1.66. The van der Waals surface area contributed by atoms with E-state index < -0.39 is 0 Å². The molecule has 4 nitrogen and oxygen atoms in total. The lowest BCUT2D eigenvalue weighted by Gasteiger charge is -2.26.